The molecular weight excluding hydrogens is 124 g/mol. The van der Waals surface area contributed by atoms with E-state index in [2.05, 4.69) is 0 Å². The maximum absolute atomic E-state index is 10.0. The van der Waals surface area contributed by atoms with Crippen molar-refractivity contribution in [2.75, 3.05) is 0 Å². The first-order valence-corrected chi connectivity index (χ1v) is 2.40. The zero-order chi connectivity index (χ0) is 7.49. The summed E-state index contributed by atoms with van der Waals surface area (Å²) in [7, 11) is 0. The normalized spacial score (nSPS) is 16.2. The number of carboxylic acid groups (broad SMARTS) is 1. The fraction of sp³-hybridized carbons (Fsp3) is 0.600. The van der Waals surface area contributed by atoms with Crippen LogP contribution in [0.25, 0.3) is 0 Å². The maximum Gasteiger partial charge on any atom is 0.335 e. The molecule has 0 radical (unpaired) electrons. The van der Waals surface area contributed by atoms with Crippen LogP contribution >= 0.6 is 0 Å². The predicted octanol–water partition coefficient (Wildman–Crippen LogP) is -0.589. The minimum Gasteiger partial charge on any atom is -0.479 e. The Morgan fingerprint density at radius 3 is 2.33 bits per heavy atom. The summed E-state index contributed by atoms with van der Waals surface area (Å²) in [5, 5.41) is 16.9. The molecule has 0 aliphatic heterocycles. The van der Waals surface area contributed by atoms with Crippen molar-refractivity contribution in [1.82, 2.24) is 0 Å². The Labute approximate surface area is 52.1 Å². The van der Waals surface area contributed by atoms with Crippen molar-refractivity contribution in [1.29, 1.82) is 0 Å². The molecule has 0 aliphatic rings. The number of carbonyl (C=O) groups excluding carboxylic acids is 1. The first kappa shape index (κ1) is 8.10. The first-order chi connectivity index (χ1) is 4.00. The molecule has 0 amide bonds. The highest BCUT2D eigenvalue weighted by atomic mass is 16.4. The molecular formula is C5H8O4. The molecule has 0 aromatic rings. The zero-order valence-electron chi connectivity index (χ0n) is 5.00. The number of rotatable bonds is 3. The molecule has 0 heterocycles. The average Bonchev–Trinajstić information content (AvgIpc) is 1.65. The number of carboxylic acids is 1. The number of carbonyl (C=O) groups is 2. The van der Waals surface area contributed by atoms with Crippen molar-refractivity contribution in [2.24, 2.45) is 0 Å². The van der Waals surface area contributed by atoms with Crippen LogP contribution in [0, 0.1) is 0 Å². The lowest BCUT2D eigenvalue weighted by molar-refractivity contribution is -0.158. The van der Waals surface area contributed by atoms with E-state index >= 15 is 0 Å². The minimum atomic E-state index is -1.90. The predicted molar refractivity (Wildman–Crippen MR) is 28.9 cm³/mol. The molecule has 9 heavy (non-hydrogen) atoms. The molecule has 0 saturated carbocycles. The summed E-state index contributed by atoms with van der Waals surface area (Å²) in [6, 6.07) is 0. The number of aliphatic hydroxyl groups is 1. The molecule has 1 unspecified atom stereocenters. The van der Waals surface area contributed by atoms with Gasteiger partial charge in [-0.3, -0.25) is 0 Å². The SMILES string of the molecule is CC(O)(CC=O)C(=O)O. The van der Waals surface area contributed by atoms with Gasteiger partial charge in [0.2, 0.25) is 0 Å². The summed E-state index contributed by atoms with van der Waals surface area (Å²) in [5.41, 5.74) is -1.90. The maximum atomic E-state index is 10.0. The van der Waals surface area contributed by atoms with Crippen molar-refractivity contribution in [3.8, 4) is 0 Å². The number of aldehydes is 1. The molecule has 0 aliphatic carbocycles. The molecule has 0 aromatic carbocycles. The lowest BCUT2D eigenvalue weighted by atomic mass is 10.1. The van der Waals surface area contributed by atoms with Crippen molar-refractivity contribution in [3.63, 3.8) is 0 Å². The van der Waals surface area contributed by atoms with Gasteiger partial charge < -0.3 is 15.0 Å². The van der Waals surface area contributed by atoms with Crippen LogP contribution < -0.4 is 0 Å². The Hall–Kier alpha value is -0.900. The third-order valence-electron chi connectivity index (χ3n) is 0.942. The van der Waals surface area contributed by atoms with Gasteiger partial charge in [0.25, 0.3) is 0 Å². The second-order valence-electron chi connectivity index (χ2n) is 1.95. The third-order valence-corrected chi connectivity index (χ3v) is 0.942. The van der Waals surface area contributed by atoms with Gasteiger partial charge in [0.1, 0.15) is 6.29 Å². The van der Waals surface area contributed by atoms with Gasteiger partial charge in [-0.1, -0.05) is 0 Å². The van der Waals surface area contributed by atoms with Crippen LogP contribution in [0.4, 0.5) is 0 Å². The second-order valence-corrected chi connectivity index (χ2v) is 1.95. The van der Waals surface area contributed by atoms with Gasteiger partial charge in [-0.2, -0.15) is 0 Å². The summed E-state index contributed by atoms with van der Waals surface area (Å²) >= 11 is 0. The number of hydrogen-bond acceptors (Lipinski definition) is 3. The van der Waals surface area contributed by atoms with Crippen LogP contribution in [0.1, 0.15) is 13.3 Å². The molecule has 0 fully saturated rings. The van der Waals surface area contributed by atoms with E-state index in [1.54, 1.807) is 0 Å². The van der Waals surface area contributed by atoms with Crippen LogP contribution in [-0.2, 0) is 9.59 Å². The third kappa shape index (κ3) is 2.23. The van der Waals surface area contributed by atoms with E-state index in [0.717, 1.165) is 6.92 Å². The first-order valence-electron chi connectivity index (χ1n) is 2.40. The van der Waals surface area contributed by atoms with Gasteiger partial charge in [-0.25, -0.2) is 4.79 Å². The van der Waals surface area contributed by atoms with Gasteiger partial charge in [-0.05, 0) is 6.92 Å². The van der Waals surface area contributed by atoms with Crippen LogP contribution in [0.2, 0.25) is 0 Å². The number of aliphatic carboxylic acids is 1. The molecule has 0 spiro atoms. The van der Waals surface area contributed by atoms with Crippen molar-refractivity contribution >= 4 is 12.3 Å². The van der Waals surface area contributed by atoms with E-state index in [9.17, 15) is 9.59 Å². The monoisotopic (exact) mass is 132 g/mol. The van der Waals surface area contributed by atoms with E-state index < -0.39 is 11.6 Å². The van der Waals surface area contributed by atoms with E-state index in [4.69, 9.17) is 10.2 Å². The highest BCUT2D eigenvalue weighted by Gasteiger charge is 2.28. The molecule has 2 N–H and O–H groups in total. The Bertz CT molecular complexity index is 127. The molecule has 1 atom stereocenters. The van der Waals surface area contributed by atoms with Gasteiger partial charge in [0.05, 0.1) is 0 Å². The Kier molecular flexibility index (Phi) is 2.33. The van der Waals surface area contributed by atoms with Crippen LogP contribution in [0.5, 0.6) is 0 Å². The van der Waals surface area contributed by atoms with Crippen LogP contribution in [-0.4, -0.2) is 28.1 Å². The smallest absolute Gasteiger partial charge is 0.335 e. The van der Waals surface area contributed by atoms with Crippen LogP contribution in [0.3, 0.4) is 0 Å². The quantitative estimate of drug-likeness (QED) is 0.503. The lowest BCUT2D eigenvalue weighted by Crippen LogP contribution is -2.34. The summed E-state index contributed by atoms with van der Waals surface area (Å²) in [6.45, 7) is 1.07. The fourth-order valence-corrected chi connectivity index (χ4v) is 0.250. The van der Waals surface area contributed by atoms with Gasteiger partial charge >= 0.3 is 5.97 Å². The Morgan fingerprint density at radius 2 is 2.22 bits per heavy atom. The standard InChI is InChI=1S/C5H8O4/c1-5(9,2-3-6)4(7)8/h3,9H,2H2,1H3,(H,7,8). The van der Waals surface area contributed by atoms with E-state index in [1.165, 1.54) is 0 Å². The minimum absolute atomic E-state index is 0.369. The lowest BCUT2D eigenvalue weighted by Gasteiger charge is -2.12. The topological polar surface area (TPSA) is 74.6 Å². The highest BCUT2D eigenvalue weighted by Crippen LogP contribution is 2.05. The van der Waals surface area contributed by atoms with Crippen molar-refractivity contribution in [2.45, 2.75) is 18.9 Å². The summed E-state index contributed by atoms with van der Waals surface area (Å²) in [4.78, 5) is 19.7. The Balaban J connectivity index is 4.00. The van der Waals surface area contributed by atoms with Gasteiger partial charge in [0, 0.05) is 6.42 Å². The molecule has 0 saturated heterocycles. The van der Waals surface area contributed by atoms with E-state index in [0.29, 0.717) is 6.29 Å². The summed E-state index contributed by atoms with van der Waals surface area (Å²) < 4.78 is 0. The van der Waals surface area contributed by atoms with Crippen molar-refractivity contribution in [3.05, 3.63) is 0 Å². The highest BCUT2D eigenvalue weighted by molar-refractivity contribution is 5.79. The molecule has 4 nitrogen and oxygen atoms in total. The van der Waals surface area contributed by atoms with E-state index in [-0.39, 0.29) is 6.42 Å². The zero-order valence-corrected chi connectivity index (χ0v) is 5.00. The molecule has 0 bridgehead atoms. The molecule has 4 heteroatoms. The number of hydrogen-bond donors (Lipinski definition) is 2. The van der Waals surface area contributed by atoms with E-state index in [1.807, 2.05) is 0 Å². The fourth-order valence-electron chi connectivity index (χ4n) is 0.250. The Morgan fingerprint density at radius 1 is 1.78 bits per heavy atom. The summed E-state index contributed by atoms with van der Waals surface area (Å²) in [5.74, 6) is -1.38. The van der Waals surface area contributed by atoms with Crippen LogP contribution in [0.15, 0.2) is 0 Å². The molecule has 52 valence electrons. The average molecular weight is 132 g/mol. The van der Waals surface area contributed by atoms with Gasteiger partial charge in [0.15, 0.2) is 5.60 Å². The molecule has 0 aromatic heterocycles. The van der Waals surface area contributed by atoms with Gasteiger partial charge in [-0.15, -0.1) is 0 Å². The largest absolute Gasteiger partial charge is 0.479 e. The van der Waals surface area contributed by atoms with Crippen molar-refractivity contribution < 1.29 is 19.8 Å². The molecule has 0 rings (SSSR count). The summed E-state index contributed by atoms with van der Waals surface area (Å²) in [6.07, 6.45) is -0.00352. The second kappa shape index (κ2) is 2.59.